The van der Waals surface area contributed by atoms with E-state index in [1.165, 1.54) is 0 Å². The SMILES string of the molecule is CC(C)N=CC=NC(C)C.CCC(C)N=CC=NC(C)CC.[Cu]. The van der Waals surface area contributed by atoms with E-state index in [-0.39, 0.29) is 17.1 Å². The van der Waals surface area contributed by atoms with Gasteiger partial charge in [-0.25, -0.2) is 0 Å². The average molecular weight is 372 g/mol. The van der Waals surface area contributed by atoms with Gasteiger partial charge in [0, 0.05) is 66.1 Å². The first-order valence-corrected chi connectivity index (χ1v) is 8.43. The van der Waals surface area contributed by atoms with Crippen LogP contribution in [0.3, 0.4) is 0 Å². The Hall–Kier alpha value is -0.801. The maximum atomic E-state index is 4.27. The summed E-state index contributed by atoms with van der Waals surface area (Å²) in [5.74, 6) is 0. The molecule has 0 spiro atoms. The Morgan fingerprint density at radius 3 is 1.04 bits per heavy atom. The van der Waals surface area contributed by atoms with Gasteiger partial charge in [0.2, 0.25) is 0 Å². The summed E-state index contributed by atoms with van der Waals surface area (Å²) in [5, 5.41) is 0. The fourth-order valence-electron chi connectivity index (χ4n) is 1.00. The molecule has 0 aromatic carbocycles. The quantitative estimate of drug-likeness (QED) is 0.439. The summed E-state index contributed by atoms with van der Waals surface area (Å²) in [5.41, 5.74) is 0. The monoisotopic (exact) mass is 371 g/mol. The van der Waals surface area contributed by atoms with Crippen LogP contribution in [-0.4, -0.2) is 49.0 Å². The summed E-state index contributed by atoms with van der Waals surface area (Å²) in [6.45, 7) is 16.6. The van der Waals surface area contributed by atoms with E-state index >= 15 is 0 Å². The van der Waals surface area contributed by atoms with Crippen molar-refractivity contribution in [2.45, 2.75) is 92.4 Å². The van der Waals surface area contributed by atoms with Gasteiger partial charge in [0.1, 0.15) is 0 Å². The van der Waals surface area contributed by atoms with E-state index in [0.29, 0.717) is 24.2 Å². The fraction of sp³-hybridized carbons (Fsp3) is 0.778. The van der Waals surface area contributed by atoms with Crippen LogP contribution in [0.25, 0.3) is 0 Å². The van der Waals surface area contributed by atoms with E-state index in [2.05, 4.69) is 47.7 Å². The van der Waals surface area contributed by atoms with E-state index in [9.17, 15) is 0 Å². The number of nitrogens with zero attached hydrogens (tertiary/aromatic N) is 4. The molecule has 0 amide bonds. The van der Waals surface area contributed by atoms with Crippen LogP contribution in [0.4, 0.5) is 0 Å². The molecule has 2 unspecified atom stereocenters. The molecule has 0 saturated carbocycles. The number of aliphatic imine (C=N–C) groups is 4. The minimum absolute atomic E-state index is 0. The summed E-state index contributed by atoms with van der Waals surface area (Å²) in [6.07, 6.45) is 9.30. The zero-order valence-corrected chi connectivity index (χ0v) is 17.1. The summed E-state index contributed by atoms with van der Waals surface area (Å²) in [7, 11) is 0. The van der Waals surface area contributed by atoms with E-state index in [1.54, 1.807) is 24.9 Å². The van der Waals surface area contributed by atoms with Crippen LogP contribution in [-0.2, 0) is 17.1 Å². The molecule has 0 heterocycles. The smallest absolute Gasteiger partial charge is 0.0469 e. The standard InChI is InChI=1S/C10H20N2.C8H16N2.Cu/c1-5-9(3)11-7-8-12-10(4)6-2;1-7(2)9-5-6-10-8(3)4;/h7-10H,5-6H2,1-4H3;5-8H,1-4H3;. The van der Waals surface area contributed by atoms with Gasteiger partial charge in [-0.05, 0) is 54.4 Å². The molecule has 1 radical (unpaired) electrons. The Bertz CT molecular complexity index is 313. The molecule has 0 aromatic rings. The topological polar surface area (TPSA) is 49.4 Å². The van der Waals surface area contributed by atoms with Crippen LogP contribution in [0, 0.1) is 0 Å². The zero-order chi connectivity index (χ0) is 17.4. The van der Waals surface area contributed by atoms with Gasteiger partial charge < -0.3 is 0 Å². The van der Waals surface area contributed by atoms with E-state index < -0.39 is 0 Å². The van der Waals surface area contributed by atoms with Crippen LogP contribution in [0.15, 0.2) is 20.0 Å². The van der Waals surface area contributed by atoms with Crippen molar-refractivity contribution in [3.8, 4) is 0 Å². The molecule has 0 bridgehead atoms. The van der Waals surface area contributed by atoms with Crippen molar-refractivity contribution in [1.29, 1.82) is 0 Å². The Morgan fingerprint density at radius 1 is 0.565 bits per heavy atom. The molecule has 139 valence electrons. The second-order valence-electron chi connectivity index (χ2n) is 5.89. The second kappa shape index (κ2) is 19.2. The molecule has 2 atom stereocenters. The maximum Gasteiger partial charge on any atom is 0.0469 e. The molecule has 0 aliphatic heterocycles. The molecule has 0 fully saturated rings. The first kappa shape index (κ1) is 27.1. The summed E-state index contributed by atoms with van der Waals surface area (Å²) >= 11 is 0. The van der Waals surface area contributed by atoms with Crippen LogP contribution in [0.1, 0.15) is 68.2 Å². The maximum absolute atomic E-state index is 4.27. The Kier molecular flexibility index (Phi) is 22.6. The zero-order valence-electron chi connectivity index (χ0n) is 16.1. The fourth-order valence-corrected chi connectivity index (χ4v) is 1.00. The molecular weight excluding hydrogens is 336 g/mol. The van der Waals surface area contributed by atoms with Gasteiger partial charge in [0.05, 0.1) is 0 Å². The normalized spacial score (nSPS) is 14.7. The molecule has 0 aliphatic carbocycles. The number of hydrogen-bond acceptors (Lipinski definition) is 4. The van der Waals surface area contributed by atoms with Crippen molar-refractivity contribution >= 4 is 24.9 Å². The van der Waals surface area contributed by atoms with Crippen molar-refractivity contribution < 1.29 is 17.1 Å². The second-order valence-corrected chi connectivity index (χ2v) is 5.89. The minimum Gasteiger partial charge on any atom is -0.289 e. The first-order chi connectivity index (χ1) is 10.3. The number of rotatable bonds is 8. The van der Waals surface area contributed by atoms with Gasteiger partial charge >= 0.3 is 0 Å². The Morgan fingerprint density at radius 2 is 0.826 bits per heavy atom. The predicted octanol–water partition coefficient (Wildman–Crippen LogP) is 4.67. The predicted molar refractivity (Wildman–Crippen MR) is 104 cm³/mol. The summed E-state index contributed by atoms with van der Waals surface area (Å²) < 4.78 is 0. The molecule has 0 aromatic heterocycles. The first-order valence-electron chi connectivity index (χ1n) is 8.43. The summed E-state index contributed by atoms with van der Waals surface area (Å²) in [6, 6.07) is 1.60. The molecule has 23 heavy (non-hydrogen) atoms. The van der Waals surface area contributed by atoms with Gasteiger partial charge in [-0.2, -0.15) is 0 Å². The third-order valence-electron chi connectivity index (χ3n) is 2.76. The summed E-state index contributed by atoms with van der Waals surface area (Å²) in [4.78, 5) is 16.8. The third kappa shape index (κ3) is 26.4. The molecule has 0 saturated heterocycles. The van der Waals surface area contributed by atoms with Crippen LogP contribution in [0.5, 0.6) is 0 Å². The van der Waals surface area contributed by atoms with E-state index in [1.807, 2.05) is 27.7 Å². The van der Waals surface area contributed by atoms with Gasteiger partial charge in [-0.1, -0.05) is 13.8 Å². The Labute approximate surface area is 154 Å². The molecule has 0 N–H and O–H groups in total. The van der Waals surface area contributed by atoms with Crippen molar-refractivity contribution in [2.75, 3.05) is 0 Å². The van der Waals surface area contributed by atoms with Crippen LogP contribution < -0.4 is 0 Å². The van der Waals surface area contributed by atoms with Crippen molar-refractivity contribution in [3.63, 3.8) is 0 Å². The number of hydrogen-bond donors (Lipinski definition) is 0. The molecule has 0 rings (SSSR count). The van der Waals surface area contributed by atoms with Crippen molar-refractivity contribution in [2.24, 2.45) is 20.0 Å². The largest absolute Gasteiger partial charge is 0.289 e. The molecule has 5 heteroatoms. The van der Waals surface area contributed by atoms with Gasteiger partial charge in [-0.15, -0.1) is 0 Å². The molecule has 4 nitrogen and oxygen atoms in total. The van der Waals surface area contributed by atoms with Gasteiger partial charge in [0.25, 0.3) is 0 Å². The third-order valence-corrected chi connectivity index (χ3v) is 2.76. The van der Waals surface area contributed by atoms with Crippen molar-refractivity contribution in [3.05, 3.63) is 0 Å². The molecular formula is C18H36CuN4. The Balaban J connectivity index is -0.000000338. The van der Waals surface area contributed by atoms with E-state index in [0.717, 1.165) is 12.8 Å². The average Bonchev–Trinajstić information content (AvgIpc) is 2.47. The van der Waals surface area contributed by atoms with Gasteiger partial charge in [0.15, 0.2) is 0 Å². The minimum atomic E-state index is 0. The van der Waals surface area contributed by atoms with Gasteiger partial charge in [-0.3, -0.25) is 20.0 Å². The van der Waals surface area contributed by atoms with Crippen molar-refractivity contribution in [1.82, 2.24) is 0 Å². The van der Waals surface area contributed by atoms with E-state index in [4.69, 9.17) is 0 Å². The molecule has 0 aliphatic rings. The van der Waals surface area contributed by atoms with Crippen LogP contribution >= 0.6 is 0 Å². The van der Waals surface area contributed by atoms with Crippen LogP contribution in [0.2, 0.25) is 0 Å².